The predicted molar refractivity (Wildman–Crippen MR) is 128 cm³/mol. The van der Waals surface area contributed by atoms with Crippen LogP contribution in [0.4, 0.5) is 0 Å². The molecule has 0 saturated carbocycles. The molecular weight excluding hydrogens is 420 g/mol. The van der Waals surface area contributed by atoms with Gasteiger partial charge in [-0.05, 0) is 29.5 Å². The van der Waals surface area contributed by atoms with E-state index in [1.54, 1.807) is 6.08 Å². The molecule has 3 aromatic rings. The summed E-state index contributed by atoms with van der Waals surface area (Å²) in [4.78, 5) is 16.9. The molecule has 0 atom stereocenters. The van der Waals surface area contributed by atoms with Crippen molar-refractivity contribution in [1.82, 2.24) is 5.01 Å². The Morgan fingerprint density at radius 1 is 0.938 bits per heavy atom. The number of hydrazone groups is 1. The molecule has 5 rings (SSSR count). The number of hydrogen-bond acceptors (Lipinski definition) is 5. The highest BCUT2D eigenvalue weighted by atomic mass is 32.2. The minimum absolute atomic E-state index is 0.00343. The fourth-order valence-electron chi connectivity index (χ4n) is 3.31. The van der Waals surface area contributed by atoms with Crippen molar-refractivity contribution in [2.75, 3.05) is 0 Å². The zero-order chi connectivity index (χ0) is 21.9. The van der Waals surface area contributed by atoms with Gasteiger partial charge in [-0.15, -0.1) is 0 Å². The van der Waals surface area contributed by atoms with Gasteiger partial charge in [-0.25, -0.2) is 0 Å². The van der Waals surface area contributed by atoms with Gasteiger partial charge in [0.2, 0.25) is 5.17 Å². The predicted octanol–water partition coefficient (Wildman–Crippen LogP) is 4.93. The van der Waals surface area contributed by atoms with Crippen LogP contribution in [-0.2, 0) is 11.4 Å². The third-order valence-corrected chi connectivity index (χ3v) is 5.89. The highest BCUT2D eigenvalue weighted by Gasteiger charge is 2.36. The van der Waals surface area contributed by atoms with Crippen molar-refractivity contribution in [1.29, 1.82) is 5.41 Å². The molecule has 0 aliphatic carbocycles. The smallest absolute Gasteiger partial charge is 0.283 e. The van der Waals surface area contributed by atoms with Crippen LogP contribution in [0.5, 0.6) is 5.75 Å². The number of carbonyl (C=O) groups is 1. The molecule has 0 bridgehead atoms. The summed E-state index contributed by atoms with van der Waals surface area (Å²) in [6.45, 7) is 0.405. The number of ether oxygens (including phenoxy) is 1. The SMILES string of the molecule is N=C1C(=Cc2ccccc2OCc2ccccc2)C(=O)N=C2SC(c3ccccc3)=NN12. The maximum atomic E-state index is 12.8. The Morgan fingerprint density at radius 3 is 2.41 bits per heavy atom. The maximum Gasteiger partial charge on any atom is 0.283 e. The first-order valence-corrected chi connectivity index (χ1v) is 10.8. The second-order valence-corrected chi connectivity index (χ2v) is 8.06. The van der Waals surface area contributed by atoms with Gasteiger partial charge in [0.1, 0.15) is 17.4 Å². The molecule has 7 heteroatoms. The average Bonchev–Trinajstić information content (AvgIpc) is 3.26. The lowest BCUT2D eigenvalue weighted by Gasteiger charge is -2.20. The Bertz CT molecular complexity index is 1280. The van der Waals surface area contributed by atoms with Crippen LogP contribution in [-0.4, -0.2) is 27.0 Å². The van der Waals surface area contributed by atoms with E-state index in [4.69, 9.17) is 10.1 Å². The van der Waals surface area contributed by atoms with Gasteiger partial charge in [0.15, 0.2) is 5.84 Å². The lowest BCUT2D eigenvalue weighted by Crippen LogP contribution is -2.35. The van der Waals surface area contributed by atoms with Crippen molar-refractivity contribution in [3.8, 4) is 5.75 Å². The van der Waals surface area contributed by atoms with Crippen LogP contribution < -0.4 is 4.74 Å². The topological polar surface area (TPSA) is 78.1 Å². The van der Waals surface area contributed by atoms with Gasteiger partial charge in [0.25, 0.3) is 5.91 Å². The van der Waals surface area contributed by atoms with Crippen LogP contribution in [0.1, 0.15) is 16.7 Å². The fourth-order valence-corrected chi connectivity index (χ4v) is 4.21. The largest absolute Gasteiger partial charge is 0.488 e. The second kappa shape index (κ2) is 8.64. The zero-order valence-corrected chi connectivity index (χ0v) is 17.8. The molecule has 2 heterocycles. The van der Waals surface area contributed by atoms with E-state index >= 15 is 0 Å². The normalized spacial score (nSPS) is 16.6. The molecule has 0 aromatic heterocycles. The van der Waals surface area contributed by atoms with E-state index in [0.717, 1.165) is 11.1 Å². The second-order valence-electron chi connectivity index (χ2n) is 7.10. The fraction of sp³-hybridized carbons (Fsp3) is 0.0400. The Morgan fingerprint density at radius 2 is 1.62 bits per heavy atom. The maximum absolute atomic E-state index is 12.8. The number of para-hydroxylation sites is 1. The summed E-state index contributed by atoms with van der Waals surface area (Å²) in [5.41, 5.74) is 2.83. The minimum atomic E-state index is -0.462. The van der Waals surface area contributed by atoms with Crippen molar-refractivity contribution in [2.45, 2.75) is 6.61 Å². The van der Waals surface area contributed by atoms with Gasteiger partial charge in [0.05, 0.1) is 5.57 Å². The molecule has 156 valence electrons. The number of nitrogens with one attached hydrogen (secondary N) is 1. The molecule has 0 unspecified atom stereocenters. The Labute approximate surface area is 189 Å². The van der Waals surface area contributed by atoms with Crippen LogP contribution in [0.25, 0.3) is 6.08 Å². The number of hydrogen-bond donors (Lipinski definition) is 1. The summed E-state index contributed by atoms with van der Waals surface area (Å²) in [5, 5.41) is 15.6. The number of aliphatic imine (C=N–C) groups is 1. The highest BCUT2D eigenvalue weighted by Crippen LogP contribution is 2.32. The molecule has 0 spiro atoms. The molecule has 0 radical (unpaired) electrons. The van der Waals surface area contributed by atoms with Crippen LogP contribution in [0.15, 0.2) is 101 Å². The van der Waals surface area contributed by atoms with Crippen molar-refractivity contribution in [3.05, 3.63) is 107 Å². The summed E-state index contributed by atoms with van der Waals surface area (Å²) < 4.78 is 5.99. The molecule has 6 nitrogen and oxygen atoms in total. The molecule has 0 fully saturated rings. The molecule has 0 saturated heterocycles. The third-order valence-electron chi connectivity index (χ3n) is 4.93. The molecule has 1 N–H and O–H groups in total. The lowest BCUT2D eigenvalue weighted by molar-refractivity contribution is -0.114. The molecule has 3 aromatic carbocycles. The van der Waals surface area contributed by atoms with Gasteiger partial charge < -0.3 is 4.74 Å². The van der Waals surface area contributed by atoms with E-state index in [0.29, 0.717) is 28.1 Å². The Balaban J connectivity index is 1.42. The van der Waals surface area contributed by atoms with Crippen molar-refractivity contribution in [3.63, 3.8) is 0 Å². The van der Waals surface area contributed by atoms with Crippen LogP contribution in [0, 0.1) is 5.41 Å². The Kier molecular flexibility index (Phi) is 5.39. The number of fused-ring (bicyclic) bond motifs is 1. The van der Waals surface area contributed by atoms with Gasteiger partial charge in [-0.3, -0.25) is 10.2 Å². The monoisotopic (exact) mass is 438 g/mol. The minimum Gasteiger partial charge on any atom is -0.488 e. The first-order valence-electron chi connectivity index (χ1n) is 10.0. The first-order chi connectivity index (χ1) is 15.7. The number of benzene rings is 3. The summed E-state index contributed by atoms with van der Waals surface area (Å²) in [6.07, 6.45) is 1.64. The molecule has 1 amide bonds. The van der Waals surface area contributed by atoms with E-state index in [2.05, 4.69) is 10.1 Å². The average molecular weight is 439 g/mol. The summed E-state index contributed by atoms with van der Waals surface area (Å²) >= 11 is 1.28. The van der Waals surface area contributed by atoms with E-state index in [-0.39, 0.29) is 11.4 Å². The standard InChI is InChI=1S/C25H18N4O2S/c26-22-20(15-19-13-7-8-14-21(19)31-16-17-9-3-1-4-10-17)23(30)27-25-29(22)28-24(32-25)18-11-5-2-6-12-18/h1-15,26H,16H2. The number of rotatable bonds is 5. The number of amides is 1. The van der Waals surface area contributed by atoms with Gasteiger partial charge >= 0.3 is 0 Å². The zero-order valence-electron chi connectivity index (χ0n) is 16.9. The number of amidine groups is 2. The first kappa shape index (κ1) is 20.0. The van der Waals surface area contributed by atoms with Crippen LogP contribution in [0.2, 0.25) is 0 Å². The van der Waals surface area contributed by atoms with Crippen LogP contribution >= 0.6 is 11.8 Å². The number of carbonyl (C=O) groups excluding carboxylic acids is 1. The molecule has 2 aliphatic rings. The van der Waals surface area contributed by atoms with E-state index in [1.807, 2.05) is 84.9 Å². The summed E-state index contributed by atoms with van der Waals surface area (Å²) in [7, 11) is 0. The van der Waals surface area contributed by atoms with E-state index in [1.165, 1.54) is 16.8 Å². The van der Waals surface area contributed by atoms with E-state index < -0.39 is 5.91 Å². The number of thioether (sulfide) groups is 1. The summed E-state index contributed by atoms with van der Waals surface area (Å²) in [6, 6.07) is 26.9. The van der Waals surface area contributed by atoms with Gasteiger partial charge in [-0.1, -0.05) is 78.9 Å². The van der Waals surface area contributed by atoms with Gasteiger partial charge in [0, 0.05) is 11.1 Å². The number of nitrogens with zero attached hydrogens (tertiary/aromatic N) is 3. The molecule has 2 aliphatic heterocycles. The molecular formula is C25H18N4O2S. The van der Waals surface area contributed by atoms with E-state index in [9.17, 15) is 4.79 Å². The Hall–Kier alpha value is -3.97. The van der Waals surface area contributed by atoms with Crippen molar-refractivity contribution >= 4 is 39.8 Å². The van der Waals surface area contributed by atoms with Crippen LogP contribution in [0.3, 0.4) is 0 Å². The molecule has 32 heavy (non-hydrogen) atoms. The van der Waals surface area contributed by atoms with Gasteiger partial charge in [-0.2, -0.15) is 15.1 Å². The van der Waals surface area contributed by atoms with Crippen molar-refractivity contribution < 1.29 is 9.53 Å². The summed E-state index contributed by atoms with van der Waals surface area (Å²) in [5.74, 6) is 0.163. The lowest BCUT2D eigenvalue weighted by atomic mass is 10.1. The highest BCUT2D eigenvalue weighted by molar-refractivity contribution is 8.27. The van der Waals surface area contributed by atoms with Crippen molar-refractivity contribution in [2.24, 2.45) is 10.1 Å². The third kappa shape index (κ3) is 3.98. The quantitative estimate of drug-likeness (QED) is 0.573.